The summed E-state index contributed by atoms with van der Waals surface area (Å²) in [5.74, 6) is 0.824. The van der Waals surface area contributed by atoms with Crippen molar-refractivity contribution >= 4 is 22.8 Å². The van der Waals surface area contributed by atoms with Crippen LogP contribution in [0.2, 0.25) is 0 Å². The third-order valence-corrected chi connectivity index (χ3v) is 3.47. The number of hydrogen-bond donors (Lipinski definition) is 0. The highest BCUT2D eigenvalue weighted by atomic mass is 35.5. The van der Waals surface area contributed by atoms with Crippen LogP contribution in [0.15, 0.2) is 36.5 Å². The Kier molecular flexibility index (Phi) is 3.22. The van der Waals surface area contributed by atoms with Crippen LogP contribution < -0.4 is 0 Å². The predicted molar refractivity (Wildman–Crippen MR) is 82.6 cm³/mol. The molecule has 1 aromatic carbocycles. The summed E-state index contributed by atoms with van der Waals surface area (Å²) in [6.07, 6.45) is 1.86. The molecular weight excluding hydrogens is 270 g/mol. The molecule has 4 heteroatoms. The van der Waals surface area contributed by atoms with Crippen molar-refractivity contribution in [1.29, 1.82) is 0 Å². The summed E-state index contributed by atoms with van der Waals surface area (Å²) in [6.45, 7) is 6.02. The van der Waals surface area contributed by atoms with Gasteiger partial charge in [0.15, 0.2) is 5.65 Å². The Bertz CT molecular complexity index is 774. The molecule has 0 fully saturated rings. The standard InChI is InChI=1S/C16H16ClN3/c1-10-5-4-6-13(7-10)20-15(12(3)17)19-14-8-11(2)9-18-16(14)20/h4-9,12H,1-3H3. The zero-order chi connectivity index (χ0) is 14.3. The van der Waals surface area contributed by atoms with E-state index >= 15 is 0 Å². The quantitative estimate of drug-likeness (QED) is 0.656. The molecule has 0 aliphatic rings. The fraction of sp³-hybridized carbons (Fsp3) is 0.250. The van der Waals surface area contributed by atoms with E-state index in [0.717, 1.165) is 28.2 Å². The summed E-state index contributed by atoms with van der Waals surface area (Å²) < 4.78 is 2.04. The van der Waals surface area contributed by atoms with Crippen LogP contribution in [-0.4, -0.2) is 14.5 Å². The van der Waals surface area contributed by atoms with Crippen molar-refractivity contribution in [2.45, 2.75) is 26.1 Å². The van der Waals surface area contributed by atoms with Crippen molar-refractivity contribution in [3.05, 3.63) is 53.5 Å². The number of imidazole rings is 1. The predicted octanol–water partition coefficient (Wildman–Crippen LogP) is 4.34. The van der Waals surface area contributed by atoms with E-state index in [1.54, 1.807) is 0 Å². The minimum absolute atomic E-state index is 0.176. The molecule has 1 atom stereocenters. The number of fused-ring (bicyclic) bond motifs is 1. The van der Waals surface area contributed by atoms with E-state index in [1.807, 2.05) is 36.7 Å². The molecule has 3 rings (SSSR count). The van der Waals surface area contributed by atoms with Gasteiger partial charge in [-0.15, -0.1) is 11.6 Å². The van der Waals surface area contributed by atoms with E-state index in [1.165, 1.54) is 5.56 Å². The van der Waals surface area contributed by atoms with Gasteiger partial charge in [0.2, 0.25) is 0 Å². The van der Waals surface area contributed by atoms with Crippen molar-refractivity contribution < 1.29 is 0 Å². The molecule has 102 valence electrons. The normalized spacial score (nSPS) is 12.8. The molecule has 2 heterocycles. The molecule has 0 saturated heterocycles. The third kappa shape index (κ3) is 2.18. The third-order valence-electron chi connectivity index (χ3n) is 3.28. The number of nitrogens with zero attached hydrogens (tertiary/aromatic N) is 3. The van der Waals surface area contributed by atoms with Crippen LogP contribution in [-0.2, 0) is 0 Å². The minimum atomic E-state index is -0.176. The second-order valence-electron chi connectivity index (χ2n) is 5.12. The topological polar surface area (TPSA) is 30.7 Å². The van der Waals surface area contributed by atoms with Crippen LogP contribution in [0.4, 0.5) is 0 Å². The van der Waals surface area contributed by atoms with E-state index in [-0.39, 0.29) is 5.38 Å². The SMILES string of the molecule is Cc1cccc(-n2c(C(C)Cl)nc3cc(C)cnc32)c1. The Morgan fingerprint density at radius 2 is 1.95 bits per heavy atom. The molecule has 20 heavy (non-hydrogen) atoms. The van der Waals surface area contributed by atoms with E-state index in [2.05, 4.69) is 35.1 Å². The molecule has 3 nitrogen and oxygen atoms in total. The van der Waals surface area contributed by atoms with Gasteiger partial charge in [-0.05, 0) is 50.1 Å². The van der Waals surface area contributed by atoms with Gasteiger partial charge in [0.25, 0.3) is 0 Å². The molecule has 0 amide bonds. The Balaban J connectivity index is 2.34. The van der Waals surface area contributed by atoms with Crippen molar-refractivity contribution in [2.24, 2.45) is 0 Å². The molecule has 0 saturated carbocycles. The molecule has 0 spiro atoms. The van der Waals surface area contributed by atoms with E-state index in [0.29, 0.717) is 0 Å². The van der Waals surface area contributed by atoms with Crippen molar-refractivity contribution in [3.63, 3.8) is 0 Å². The summed E-state index contributed by atoms with van der Waals surface area (Å²) in [5, 5.41) is -0.176. The van der Waals surface area contributed by atoms with E-state index in [9.17, 15) is 0 Å². The molecule has 2 aromatic heterocycles. The van der Waals surface area contributed by atoms with Gasteiger partial charge < -0.3 is 0 Å². The van der Waals surface area contributed by atoms with Gasteiger partial charge in [-0.3, -0.25) is 4.57 Å². The first-order chi connectivity index (χ1) is 9.56. The maximum atomic E-state index is 6.30. The summed E-state index contributed by atoms with van der Waals surface area (Å²) in [7, 11) is 0. The number of alkyl halides is 1. The van der Waals surface area contributed by atoms with Crippen LogP contribution in [0.1, 0.15) is 29.3 Å². The van der Waals surface area contributed by atoms with Crippen LogP contribution in [0.3, 0.4) is 0 Å². The van der Waals surface area contributed by atoms with Gasteiger partial charge >= 0.3 is 0 Å². The maximum Gasteiger partial charge on any atom is 0.164 e. The van der Waals surface area contributed by atoms with Crippen LogP contribution in [0.25, 0.3) is 16.9 Å². The second kappa shape index (κ2) is 4.91. The van der Waals surface area contributed by atoms with Gasteiger partial charge in [0, 0.05) is 11.9 Å². The lowest BCUT2D eigenvalue weighted by atomic mass is 10.2. The van der Waals surface area contributed by atoms with Crippen molar-refractivity contribution in [1.82, 2.24) is 14.5 Å². The minimum Gasteiger partial charge on any atom is -0.279 e. The second-order valence-corrected chi connectivity index (χ2v) is 5.77. The number of benzene rings is 1. The fourth-order valence-corrected chi connectivity index (χ4v) is 2.52. The fourth-order valence-electron chi connectivity index (χ4n) is 2.37. The molecule has 1 unspecified atom stereocenters. The Labute approximate surface area is 123 Å². The summed E-state index contributed by atoms with van der Waals surface area (Å²) in [4.78, 5) is 9.18. The molecule has 0 aliphatic carbocycles. The highest BCUT2D eigenvalue weighted by Crippen LogP contribution is 2.27. The maximum absolute atomic E-state index is 6.30. The van der Waals surface area contributed by atoms with Gasteiger partial charge in [-0.1, -0.05) is 12.1 Å². The van der Waals surface area contributed by atoms with E-state index in [4.69, 9.17) is 11.6 Å². The van der Waals surface area contributed by atoms with Gasteiger partial charge in [-0.2, -0.15) is 0 Å². The van der Waals surface area contributed by atoms with Crippen LogP contribution >= 0.6 is 11.6 Å². The van der Waals surface area contributed by atoms with Crippen molar-refractivity contribution in [3.8, 4) is 5.69 Å². The van der Waals surface area contributed by atoms with Crippen LogP contribution in [0.5, 0.6) is 0 Å². The largest absolute Gasteiger partial charge is 0.279 e. The summed E-state index contributed by atoms with van der Waals surface area (Å²) in [6, 6.07) is 10.3. The highest BCUT2D eigenvalue weighted by Gasteiger charge is 2.17. The molecule has 0 aliphatic heterocycles. The van der Waals surface area contributed by atoms with Gasteiger partial charge in [-0.25, -0.2) is 9.97 Å². The van der Waals surface area contributed by atoms with Gasteiger partial charge in [0.1, 0.15) is 11.3 Å². The average molecular weight is 286 g/mol. The number of halogens is 1. The number of pyridine rings is 1. The Morgan fingerprint density at radius 3 is 2.65 bits per heavy atom. The zero-order valence-corrected chi connectivity index (χ0v) is 12.5. The number of hydrogen-bond acceptors (Lipinski definition) is 2. The van der Waals surface area contributed by atoms with Gasteiger partial charge in [0.05, 0.1) is 5.38 Å². The molecular formula is C16H16ClN3. The zero-order valence-electron chi connectivity index (χ0n) is 11.8. The molecule has 0 N–H and O–H groups in total. The molecule has 0 bridgehead atoms. The number of aryl methyl sites for hydroxylation is 2. The summed E-state index contributed by atoms with van der Waals surface area (Å²) in [5.41, 5.74) is 5.08. The Hall–Kier alpha value is -1.87. The average Bonchev–Trinajstić information content (AvgIpc) is 2.77. The lowest BCUT2D eigenvalue weighted by molar-refractivity contribution is 0.876. The first-order valence-corrected chi connectivity index (χ1v) is 7.06. The number of aromatic nitrogens is 3. The van der Waals surface area contributed by atoms with E-state index < -0.39 is 0 Å². The lowest BCUT2D eigenvalue weighted by Crippen LogP contribution is -2.02. The summed E-state index contributed by atoms with van der Waals surface area (Å²) >= 11 is 6.30. The van der Waals surface area contributed by atoms with Crippen LogP contribution in [0, 0.1) is 13.8 Å². The Morgan fingerprint density at radius 1 is 1.15 bits per heavy atom. The number of rotatable bonds is 2. The van der Waals surface area contributed by atoms with Crippen molar-refractivity contribution in [2.75, 3.05) is 0 Å². The first kappa shape index (κ1) is 13.1. The lowest BCUT2D eigenvalue weighted by Gasteiger charge is -2.10. The monoisotopic (exact) mass is 285 g/mol. The molecule has 3 aromatic rings. The highest BCUT2D eigenvalue weighted by molar-refractivity contribution is 6.20. The molecule has 0 radical (unpaired) electrons. The first-order valence-electron chi connectivity index (χ1n) is 6.62. The smallest absolute Gasteiger partial charge is 0.164 e.